The summed E-state index contributed by atoms with van der Waals surface area (Å²) in [4.78, 5) is 29.4. The number of benzene rings is 1. The number of pyridine rings is 1. The van der Waals surface area contributed by atoms with Gasteiger partial charge in [-0.15, -0.1) is 0 Å². The Balaban J connectivity index is 1.57. The fraction of sp³-hybridized carbons (Fsp3) is 0.308. The van der Waals surface area contributed by atoms with Gasteiger partial charge in [0.15, 0.2) is 11.6 Å². The number of nitrogens with two attached hydrogens (primary N) is 1. The van der Waals surface area contributed by atoms with Crippen molar-refractivity contribution >= 4 is 17.2 Å². The zero-order chi connectivity index (χ0) is 22.9. The molecule has 1 aliphatic heterocycles. The number of imidazole rings is 1. The molecular formula is C26H28N6O. The number of rotatable bonds is 6. The Hall–Kier alpha value is -3.58. The summed E-state index contributed by atoms with van der Waals surface area (Å²) < 4.78 is 2.01. The van der Waals surface area contributed by atoms with E-state index in [1.165, 1.54) is 6.42 Å². The van der Waals surface area contributed by atoms with Crippen molar-refractivity contribution in [1.29, 1.82) is 0 Å². The van der Waals surface area contributed by atoms with Crippen LogP contribution in [0.2, 0.25) is 0 Å². The van der Waals surface area contributed by atoms with Gasteiger partial charge in [0.2, 0.25) is 0 Å². The first-order valence-electron chi connectivity index (χ1n) is 11.4. The summed E-state index contributed by atoms with van der Waals surface area (Å²) in [6, 6.07) is 14.2. The molecule has 1 atom stereocenters. The van der Waals surface area contributed by atoms with Crippen LogP contribution >= 0.6 is 0 Å². The minimum atomic E-state index is -0.0546. The molecule has 0 aliphatic carbocycles. The van der Waals surface area contributed by atoms with Crippen LogP contribution < -0.4 is 5.73 Å². The largest absolute Gasteiger partial charge is 0.382 e. The van der Waals surface area contributed by atoms with E-state index < -0.39 is 0 Å². The van der Waals surface area contributed by atoms with Crippen LogP contribution in [0.5, 0.6) is 0 Å². The molecule has 33 heavy (non-hydrogen) atoms. The number of carbonyl (C=O) groups excluding carboxylic acids is 1. The van der Waals surface area contributed by atoms with E-state index in [1.807, 2.05) is 66.2 Å². The van der Waals surface area contributed by atoms with E-state index in [2.05, 4.69) is 21.9 Å². The smallest absolute Gasteiger partial charge is 0.185 e. The Morgan fingerprint density at radius 3 is 2.64 bits per heavy atom. The highest BCUT2D eigenvalue weighted by molar-refractivity contribution is 5.99. The van der Waals surface area contributed by atoms with Gasteiger partial charge in [-0.1, -0.05) is 30.3 Å². The fourth-order valence-electron chi connectivity index (χ4n) is 4.65. The highest BCUT2D eigenvalue weighted by Crippen LogP contribution is 2.32. The standard InChI is InChI=1S/C26H28N6O/c1-17-15-28-22-13-10-19(16-32(17)22)24-23(18-7-4-3-5-8-18)30-26(27)25(29-24)21(33)12-11-20-9-6-14-31(20)2/h3-5,7-8,10,13,15-16,20H,6,9,11-12,14H2,1-2H3,(H2,27,30)/t20-/m1/s1. The van der Waals surface area contributed by atoms with Gasteiger partial charge in [0.1, 0.15) is 11.3 Å². The number of ketones is 1. The van der Waals surface area contributed by atoms with Crippen molar-refractivity contribution < 1.29 is 4.79 Å². The monoisotopic (exact) mass is 440 g/mol. The Morgan fingerprint density at radius 1 is 1.09 bits per heavy atom. The normalized spacial score (nSPS) is 16.5. The number of hydrogen-bond acceptors (Lipinski definition) is 6. The van der Waals surface area contributed by atoms with Gasteiger partial charge >= 0.3 is 0 Å². The minimum absolute atomic E-state index is 0.0546. The molecule has 4 aromatic rings. The molecule has 0 unspecified atom stereocenters. The molecule has 0 bridgehead atoms. The lowest BCUT2D eigenvalue weighted by atomic mass is 10.0. The van der Waals surface area contributed by atoms with Crippen LogP contribution in [0.3, 0.4) is 0 Å². The molecule has 1 fully saturated rings. The second kappa shape index (κ2) is 8.75. The van der Waals surface area contributed by atoms with Gasteiger partial charge in [-0.2, -0.15) is 0 Å². The van der Waals surface area contributed by atoms with Crippen LogP contribution in [0, 0.1) is 6.92 Å². The van der Waals surface area contributed by atoms with Crippen LogP contribution in [-0.4, -0.2) is 49.7 Å². The lowest BCUT2D eigenvalue weighted by Crippen LogP contribution is -2.25. The molecule has 1 aliphatic rings. The number of anilines is 1. The number of fused-ring (bicyclic) bond motifs is 1. The van der Waals surface area contributed by atoms with E-state index in [4.69, 9.17) is 10.7 Å². The van der Waals surface area contributed by atoms with Crippen LogP contribution in [0.1, 0.15) is 41.9 Å². The zero-order valence-corrected chi connectivity index (χ0v) is 19.0. The summed E-state index contributed by atoms with van der Waals surface area (Å²) in [5.74, 6) is 0.128. The first-order valence-corrected chi connectivity index (χ1v) is 11.4. The number of nitrogen functional groups attached to an aromatic ring is 1. The maximum Gasteiger partial charge on any atom is 0.185 e. The molecule has 7 heteroatoms. The minimum Gasteiger partial charge on any atom is -0.382 e. The third-order valence-corrected chi connectivity index (χ3v) is 6.57. The average molecular weight is 441 g/mol. The summed E-state index contributed by atoms with van der Waals surface area (Å²) in [6.07, 6.45) is 7.37. The maximum atomic E-state index is 13.2. The van der Waals surface area contributed by atoms with Crippen LogP contribution in [0.4, 0.5) is 5.82 Å². The lowest BCUT2D eigenvalue weighted by molar-refractivity contribution is 0.0966. The molecule has 1 saturated heterocycles. The number of carbonyl (C=O) groups is 1. The second-order valence-corrected chi connectivity index (χ2v) is 8.80. The molecule has 2 N–H and O–H groups in total. The van der Waals surface area contributed by atoms with Crippen molar-refractivity contribution in [3.05, 3.63) is 66.2 Å². The quantitative estimate of drug-likeness (QED) is 0.447. The zero-order valence-electron chi connectivity index (χ0n) is 19.0. The first kappa shape index (κ1) is 21.3. The van der Waals surface area contributed by atoms with E-state index in [0.717, 1.165) is 41.9 Å². The molecule has 5 rings (SSSR count). The molecule has 4 heterocycles. The molecule has 0 radical (unpaired) electrons. The average Bonchev–Trinajstić information content (AvgIpc) is 3.42. The van der Waals surface area contributed by atoms with Crippen molar-refractivity contribution in [3.63, 3.8) is 0 Å². The van der Waals surface area contributed by atoms with E-state index in [1.54, 1.807) is 0 Å². The molecule has 1 aromatic carbocycles. The number of hydrogen-bond donors (Lipinski definition) is 1. The van der Waals surface area contributed by atoms with Crippen molar-refractivity contribution in [1.82, 2.24) is 24.3 Å². The van der Waals surface area contributed by atoms with Crippen molar-refractivity contribution in [3.8, 4) is 22.5 Å². The van der Waals surface area contributed by atoms with Crippen LogP contribution in [-0.2, 0) is 0 Å². The van der Waals surface area contributed by atoms with E-state index >= 15 is 0 Å². The van der Waals surface area contributed by atoms with Gasteiger partial charge in [0.25, 0.3) is 0 Å². The van der Waals surface area contributed by atoms with E-state index in [-0.39, 0.29) is 17.3 Å². The summed E-state index contributed by atoms with van der Waals surface area (Å²) in [6.45, 7) is 3.10. The molecular weight excluding hydrogens is 412 g/mol. The second-order valence-electron chi connectivity index (χ2n) is 8.80. The summed E-state index contributed by atoms with van der Waals surface area (Å²) >= 11 is 0. The van der Waals surface area contributed by atoms with Crippen LogP contribution in [0.15, 0.2) is 54.9 Å². The summed E-state index contributed by atoms with van der Waals surface area (Å²) in [5, 5.41) is 0. The Morgan fingerprint density at radius 2 is 1.88 bits per heavy atom. The Bertz CT molecular complexity index is 1310. The summed E-state index contributed by atoms with van der Waals surface area (Å²) in [5.41, 5.74) is 11.5. The van der Waals surface area contributed by atoms with Gasteiger partial charge in [-0.3, -0.25) is 4.79 Å². The highest BCUT2D eigenvalue weighted by Gasteiger charge is 2.24. The fourth-order valence-corrected chi connectivity index (χ4v) is 4.65. The first-order chi connectivity index (χ1) is 16.0. The highest BCUT2D eigenvalue weighted by atomic mass is 16.1. The molecule has 0 amide bonds. The number of nitrogens with zero attached hydrogens (tertiary/aromatic N) is 5. The molecule has 7 nitrogen and oxygen atoms in total. The van der Waals surface area contributed by atoms with Gasteiger partial charge in [0, 0.05) is 41.7 Å². The number of likely N-dealkylation sites (tertiary alicyclic amines) is 1. The third kappa shape index (κ3) is 4.12. The van der Waals surface area contributed by atoms with Gasteiger partial charge in [-0.25, -0.2) is 15.0 Å². The van der Waals surface area contributed by atoms with Crippen molar-refractivity contribution in [2.75, 3.05) is 19.3 Å². The van der Waals surface area contributed by atoms with Crippen molar-refractivity contribution in [2.45, 2.75) is 38.6 Å². The molecule has 3 aromatic heterocycles. The molecule has 0 saturated carbocycles. The summed E-state index contributed by atoms with van der Waals surface area (Å²) in [7, 11) is 2.12. The van der Waals surface area contributed by atoms with Gasteiger partial charge in [0.05, 0.1) is 11.4 Å². The Labute approximate surface area is 193 Å². The van der Waals surface area contributed by atoms with Crippen LogP contribution in [0.25, 0.3) is 28.2 Å². The number of aryl methyl sites for hydroxylation is 1. The predicted octanol–water partition coefficient (Wildman–Crippen LogP) is 4.41. The Kier molecular flexibility index (Phi) is 5.64. The predicted molar refractivity (Wildman–Crippen MR) is 130 cm³/mol. The number of aromatic nitrogens is 4. The maximum absolute atomic E-state index is 13.2. The molecule has 0 spiro atoms. The SMILES string of the molecule is Cc1cnc2ccc(-c3nc(C(=O)CC[C@H]4CCCN4C)c(N)nc3-c3ccccc3)cn12. The number of Topliss-reactive ketones (excluding diaryl/α,β-unsaturated/α-hetero) is 1. The van der Waals surface area contributed by atoms with E-state index in [9.17, 15) is 4.79 Å². The van der Waals surface area contributed by atoms with Gasteiger partial charge < -0.3 is 15.0 Å². The lowest BCUT2D eigenvalue weighted by Gasteiger charge is -2.19. The van der Waals surface area contributed by atoms with E-state index in [0.29, 0.717) is 23.9 Å². The van der Waals surface area contributed by atoms with Crippen molar-refractivity contribution in [2.24, 2.45) is 0 Å². The topological polar surface area (TPSA) is 89.4 Å². The molecule has 168 valence electrons. The third-order valence-electron chi connectivity index (χ3n) is 6.57. The van der Waals surface area contributed by atoms with Gasteiger partial charge in [-0.05, 0) is 51.9 Å².